The standard InChI is InChI=1S/C16H17N3O2/c1-2-14(12-7-4-3-5-8-12)16(20)21-19-15(17)13-9-6-10-18-11-13/h3-11,14H,2H2,1H3,(H2,17,19)/p+1/t14-/m1/s1. The number of nitrogens with zero attached hydrogens (tertiary/aromatic N) is 1. The molecule has 3 N–H and O–H groups in total. The van der Waals surface area contributed by atoms with Crippen LogP contribution in [0.1, 0.15) is 30.4 Å². The number of nitrogens with one attached hydrogen (secondary N) is 1. The summed E-state index contributed by atoms with van der Waals surface area (Å²) in [7, 11) is 0. The summed E-state index contributed by atoms with van der Waals surface area (Å²) in [6.07, 6.45) is 4.07. The molecule has 0 aliphatic carbocycles. The molecule has 0 saturated heterocycles. The molecule has 0 fully saturated rings. The third kappa shape index (κ3) is 3.89. The number of pyridine rings is 1. The molecule has 0 radical (unpaired) electrons. The monoisotopic (exact) mass is 284 g/mol. The maximum Gasteiger partial charge on any atom is 0.342 e. The number of nitrogens with two attached hydrogens (primary N) is 1. The molecule has 108 valence electrons. The zero-order chi connectivity index (χ0) is 15.1. The first kappa shape index (κ1) is 14.7. The number of hydrogen-bond donors (Lipinski definition) is 1. The van der Waals surface area contributed by atoms with Gasteiger partial charge >= 0.3 is 5.97 Å². The molecule has 0 saturated carbocycles. The van der Waals surface area contributed by atoms with Crippen molar-refractivity contribution in [1.29, 1.82) is 0 Å². The molecule has 0 amide bonds. The first-order chi connectivity index (χ1) is 10.2. The quantitative estimate of drug-likeness (QED) is 0.394. The van der Waals surface area contributed by atoms with Gasteiger partial charge in [0.1, 0.15) is 0 Å². The van der Waals surface area contributed by atoms with Gasteiger partial charge in [-0.3, -0.25) is 0 Å². The van der Waals surface area contributed by atoms with Crippen LogP contribution < -0.4 is 10.7 Å². The Bertz CT molecular complexity index is 612. The average molecular weight is 284 g/mol. The molecular weight excluding hydrogens is 266 g/mol. The smallest absolute Gasteiger partial charge is 0.342 e. The lowest BCUT2D eigenvalue weighted by atomic mass is 9.97. The van der Waals surface area contributed by atoms with Crippen LogP contribution >= 0.6 is 0 Å². The highest BCUT2D eigenvalue weighted by atomic mass is 16.7. The maximum absolute atomic E-state index is 12.1. The minimum Gasteiger partial charge on any atom is -0.380 e. The number of carbonyl (C=O) groups excluding carboxylic acids is 1. The highest BCUT2D eigenvalue weighted by Crippen LogP contribution is 2.20. The van der Waals surface area contributed by atoms with E-state index in [1.54, 1.807) is 24.5 Å². The molecule has 21 heavy (non-hydrogen) atoms. The summed E-state index contributed by atoms with van der Waals surface area (Å²) in [5.74, 6) is -0.597. The summed E-state index contributed by atoms with van der Waals surface area (Å²) in [6, 6.07) is 13.0. The van der Waals surface area contributed by atoms with Crippen molar-refractivity contribution in [2.45, 2.75) is 19.3 Å². The summed E-state index contributed by atoms with van der Waals surface area (Å²) in [6.45, 7) is 1.93. The Balaban J connectivity index is 2.07. The number of benzene rings is 1. The fourth-order valence-corrected chi connectivity index (χ4v) is 1.99. The minimum atomic E-state index is -0.411. The lowest BCUT2D eigenvalue weighted by Crippen LogP contribution is -2.19. The topological polar surface area (TPSA) is 78.8 Å². The summed E-state index contributed by atoms with van der Waals surface area (Å²) < 4.78 is 0. The number of amidine groups is 1. The largest absolute Gasteiger partial charge is 0.380 e. The number of oxime groups is 1. The Morgan fingerprint density at radius 1 is 1.29 bits per heavy atom. The molecule has 1 aromatic heterocycles. The molecule has 0 aliphatic rings. The van der Waals surface area contributed by atoms with Gasteiger partial charge in [-0.1, -0.05) is 42.4 Å². The van der Waals surface area contributed by atoms with Crippen LogP contribution in [0.3, 0.4) is 0 Å². The van der Waals surface area contributed by atoms with Gasteiger partial charge in [-0.2, -0.15) is 0 Å². The van der Waals surface area contributed by atoms with Crippen molar-refractivity contribution in [3.8, 4) is 0 Å². The van der Waals surface area contributed by atoms with E-state index in [0.29, 0.717) is 12.0 Å². The molecule has 0 spiro atoms. The van der Waals surface area contributed by atoms with Crippen molar-refractivity contribution in [3.63, 3.8) is 0 Å². The number of carbonyl (C=O) groups is 1. The summed E-state index contributed by atoms with van der Waals surface area (Å²) in [5, 5.41) is 3.71. The molecule has 0 unspecified atom stereocenters. The second-order valence-electron chi connectivity index (χ2n) is 4.55. The van der Waals surface area contributed by atoms with Crippen LogP contribution in [0.5, 0.6) is 0 Å². The Morgan fingerprint density at radius 3 is 2.67 bits per heavy atom. The van der Waals surface area contributed by atoms with Crippen molar-refractivity contribution >= 4 is 11.8 Å². The molecule has 2 rings (SSSR count). The van der Waals surface area contributed by atoms with Crippen LogP contribution in [0.4, 0.5) is 0 Å². The highest BCUT2D eigenvalue weighted by molar-refractivity contribution is 5.97. The van der Waals surface area contributed by atoms with E-state index in [1.165, 1.54) is 0 Å². The number of aromatic amines is 1. The van der Waals surface area contributed by atoms with Gasteiger partial charge in [-0.05, 0) is 18.1 Å². The van der Waals surface area contributed by atoms with Crippen molar-refractivity contribution in [2.24, 2.45) is 10.9 Å². The van der Waals surface area contributed by atoms with Crippen molar-refractivity contribution < 1.29 is 14.6 Å². The summed E-state index contributed by atoms with van der Waals surface area (Å²) >= 11 is 0. The van der Waals surface area contributed by atoms with Gasteiger partial charge in [-0.25, -0.2) is 9.78 Å². The van der Waals surface area contributed by atoms with E-state index in [1.807, 2.05) is 37.3 Å². The van der Waals surface area contributed by atoms with Gasteiger partial charge in [-0.15, -0.1) is 0 Å². The second kappa shape index (κ2) is 7.19. The third-order valence-corrected chi connectivity index (χ3v) is 3.13. The Hall–Kier alpha value is -2.69. The minimum absolute atomic E-state index is 0.156. The van der Waals surface area contributed by atoms with E-state index in [0.717, 1.165) is 5.56 Å². The third-order valence-electron chi connectivity index (χ3n) is 3.13. The lowest BCUT2D eigenvalue weighted by molar-refractivity contribution is -0.378. The molecular formula is C16H18N3O2+. The molecule has 1 atom stereocenters. The Morgan fingerprint density at radius 2 is 2.05 bits per heavy atom. The van der Waals surface area contributed by atoms with Crippen LogP contribution in [0.25, 0.3) is 0 Å². The van der Waals surface area contributed by atoms with Crippen LogP contribution in [-0.2, 0) is 9.63 Å². The second-order valence-corrected chi connectivity index (χ2v) is 4.55. The molecule has 2 aromatic rings. The van der Waals surface area contributed by atoms with E-state index in [9.17, 15) is 4.79 Å². The first-order valence-corrected chi connectivity index (χ1v) is 6.78. The van der Waals surface area contributed by atoms with Gasteiger partial charge in [0.2, 0.25) is 0 Å². The van der Waals surface area contributed by atoms with Crippen LogP contribution in [0.2, 0.25) is 0 Å². The Labute approximate surface area is 123 Å². The van der Waals surface area contributed by atoms with Crippen molar-refractivity contribution in [1.82, 2.24) is 0 Å². The molecule has 1 aromatic carbocycles. The number of H-pyrrole nitrogens is 1. The van der Waals surface area contributed by atoms with Crippen LogP contribution in [0.15, 0.2) is 60.0 Å². The van der Waals surface area contributed by atoms with Gasteiger partial charge in [0.25, 0.3) is 0 Å². The predicted molar refractivity (Wildman–Crippen MR) is 79.3 cm³/mol. The number of rotatable bonds is 5. The Kier molecular flexibility index (Phi) is 5.04. The van der Waals surface area contributed by atoms with Crippen molar-refractivity contribution in [2.75, 3.05) is 0 Å². The molecule has 5 heteroatoms. The summed E-state index contributed by atoms with van der Waals surface area (Å²) in [5.41, 5.74) is 7.35. The van der Waals surface area contributed by atoms with Gasteiger partial charge in [0.05, 0.1) is 11.5 Å². The van der Waals surface area contributed by atoms with Crippen molar-refractivity contribution in [3.05, 3.63) is 66.0 Å². The average Bonchev–Trinajstić information content (AvgIpc) is 2.55. The fourth-order valence-electron chi connectivity index (χ4n) is 1.99. The number of hydrogen-bond acceptors (Lipinski definition) is 3. The molecule has 0 aliphatic heterocycles. The van der Waals surface area contributed by atoms with Crippen LogP contribution in [0, 0.1) is 0 Å². The zero-order valence-corrected chi connectivity index (χ0v) is 11.8. The van der Waals surface area contributed by atoms with E-state index in [4.69, 9.17) is 10.6 Å². The SMILES string of the molecule is CC[C@@H](C(=O)ON=C(N)c1ccc[nH+]c1)c1ccccc1. The molecule has 0 bridgehead atoms. The number of aromatic nitrogens is 1. The predicted octanol–water partition coefficient (Wildman–Crippen LogP) is 1.86. The van der Waals surface area contributed by atoms with Gasteiger partial charge < -0.3 is 10.6 Å². The first-order valence-electron chi connectivity index (χ1n) is 6.78. The molecule has 5 nitrogen and oxygen atoms in total. The molecule has 1 heterocycles. The highest BCUT2D eigenvalue weighted by Gasteiger charge is 2.20. The fraction of sp³-hybridized carbons (Fsp3) is 0.188. The van der Waals surface area contributed by atoms with E-state index in [-0.39, 0.29) is 11.8 Å². The van der Waals surface area contributed by atoms with Crippen LogP contribution in [-0.4, -0.2) is 11.8 Å². The lowest BCUT2D eigenvalue weighted by Gasteiger charge is -2.11. The maximum atomic E-state index is 12.1. The van der Waals surface area contributed by atoms with E-state index < -0.39 is 5.97 Å². The van der Waals surface area contributed by atoms with Gasteiger partial charge in [0, 0.05) is 6.07 Å². The van der Waals surface area contributed by atoms with Gasteiger partial charge in [0.15, 0.2) is 18.2 Å². The van der Waals surface area contributed by atoms with E-state index in [2.05, 4.69) is 10.1 Å². The summed E-state index contributed by atoms with van der Waals surface area (Å²) in [4.78, 5) is 20.0. The van der Waals surface area contributed by atoms with E-state index >= 15 is 0 Å². The normalized spacial score (nSPS) is 12.7. The zero-order valence-electron chi connectivity index (χ0n) is 11.8.